The number of Topliss-reactive ketones (excluding diaryl/α,β-unsaturated/α-hetero) is 1. The fraction of sp³-hybridized carbons (Fsp3) is 0.462. The molecule has 1 unspecified atom stereocenters. The molecule has 0 radical (unpaired) electrons. The molecule has 0 aliphatic carbocycles. The topological polar surface area (TPSA) is 68.3 Å². The molecule has 1 amide bonds. The first-order valence-corrected chi connectivity index (χ1v) is 7.12. The summed E-state index contributed by atoms with van der Waals surface area (Å²) in [5, 5.41) is 2.68. The van der Waals surface area contributed by atoms with Gasteiger partial charge in [-0.3, -0.25) is 9.78 Å². The Kier molecular flexibility index (Phi) is 5.53. The number of halogens is 2. The van der Waals surface area contributed by atoms with E-state index in [1.165, 1.54) is 6.20 Å². The highest BCUT2D eigenvalue weighted by molar-refractivity contribution is 9.10. The summed E-state index contributed by atoms with van der Waals surface area (Å²) < 4.78 is 5.75. The molecule has 0 fully saturated rings. The van der Waals surface area contributed by atoms with Crippen molar-refractivity contribution in [2.45, 2.75) is 39.3 Å². The van der Waals surface area contributed by atoms with Crippen LogP contribution in [0.5, 0.6) is 0 Å². The van der Waals surface area contributed by atoms with Gasteiger partial charge in [-0.1, -0.05) is 11.6 Å². The Labute approximate surface area is 131 Å². The highest BCUT2D eigenvalue weighted by Crippen LogP contribution is 2.20. The fourth-order valence-corrected chi connectivity index (χ4v) is 2.07. The van der Waals surface area contributed by atoms with Crippen LogP contribution in [0, 0.1) is 0 Å². The van der Waals surface area contributed by atoms with Gasteiger partial charge in [0, 0.05) is 10.7 Å². The lowest BCUT2D eigenvalue weighted by Gasteiger charge is -2.21. The van der Waals surface area contributed by atoms with Crippen molar-refractivity contribution in [1.82, 2.24) is 10.3 Å². The quantitative estimate of drug-likeness (QED) is 0.833. The second kappa shape index (κ2) is 6.54. The maximum atomic E-state index is 12.1. The first-order valence-electron chi connectivity index (χ1n) is 5.95. The van der Waals surface area contributed by atoms with E-state index < -0.39 is 17.7 Å². The lowest BCUT2D eigenvalue weighted by atomic mass is 10.1. The Hall–Kier alpha value is -1.14. The molecule has 1 atom stereocenters. The highest BCUT2D eigenvalue weighted by Gasteiger charge is 2.24. The fourth-order valence-electron chi connectivity index (χ4n) is 1.35. The molecule has 0 aromatic carbocycles. The third-order valence-corrected chi connectivity index (χ3v) is 2.89. The van der Waals surface area contributed by atoms with E-state index in [2.05, 4.69) is 26.2 Å². The van der Waals surface area contributed by atoms with Crippen LogP contribution in [0.4, 0.5) is 4.79 Å². The summed E-state index contributed by atoms with van der Waals surface area (Å²) in [5.74, 6) is -0.381. The number of amides is 1. The van der Waals surface area contributed by atoms with Crippen LogP contribution in [0.3, 0.4) is 0 Å². The number of carbonyl (C=O) groups excluding carboxylic acids is 2. The Morgan fingerprint density at radius 3 is 2.55 bits per heavy atom. The van der Waals surface area contributed by atoms with Crippen molar-refractivity contribution >= 4 is 39.4 Å². The summed E-state index contributed by atoms with van der Waals surface area (Å²) >= 11 is 9.16. The summed E-state index contributed by atoms with van der Waals surface area (Å²) in [4.78, 5) is 27.7. The number of nitrogens with zero attached hydrogens (tertiary/aromatic N) is 1. The second-order valence-corrected chi connectivity index (χ2v) is 6.54. The van der Waals surface area contributed by atoms with Gasteiger partial charge in [0.25, 0.3) is 0 Å². The Bertz CT molecular complexity index is 529. The molecule has 110 valence electrons. The minimum absolute atomic E-state index is 0.110. The zero-order chi connectivity index (χ0) is 15.5. The maximum Gasteiger partial charge on any atom is 0.408 e. The van der Waals surface area contributed by atoms with Crippen LogP contribution < -0.4 is 5.32 Å². The van der Waals surface area contributed by atoms with Gasteiger partial charge in [0.1, 0.15) is 11.3 Å². The van der Waals surface area contributed by atoms with Crippen LogP contribution in [-0.4, -0.2) is 28.5 Å². The predicted octanol–water partition coefficient (Wildman–Crippen LogP) is 3.59. The number of hydrogen-bond donors (Lipinski definition) is 1. The van der Waals surface area contributed by atoms with Crippen LogP contribution in [0.15, 0.2) is 16.7 Å². The van der Waals surface area contributed by atoms with Crippen molar-refractivity contribution in [1.29, 1.82) is 0 Å². The minimum atomic E-state index is -0.781. The zero-order valence-electron chi connectivity index (χ0n) is 11.7. The lowest BCUT2D eigenvalue weighted by Crippen LogP contribution is -2.42. The number of carbonyl (C=O) groups is 2. The van der Waals surface area contributed by atoms with Crippen molar-refractivity contribution in [2.75, 3.05) is 0 Å². The molecular weight excluding hydrogens is 348 g/mol. The lowest BCUT2D eigenvalue weighted by molar-refractivity contribution is 0.0496. The number of ether oxygens (including phenoxy) is 1. The van der Waals surface area contributed by atoms with E-state index in [0.717, 1.165) is 0 Å². The van der Waals surface area contributed by atoms with Crippen LogP contribution in [0.2, 0.25) is 5.02 Å². The summed E-state index contributed by atoms with van der Waals surface area (Å²) in [6.07, 6.45) is 0.811. The molecule has 7 heteroatoms. The van der Waals surface area contributed by atoms with Crippen LogP contribution >= 0.6 is 27.5 Å². The Morgan fingerprint density at radius 1 is 1.45 bits per heavy atom. The van der Waals surface area contributed by atoms with Gasteiger partial charge in [0.05, 0.1) is 11.1 Å². The first kappa shape index (κ1) is 16.9. The number of nitrogens with one attached hydrogen (secondary N) is 1. The zero-order valence-corrected chi connectivity index (χ0v) is 14.0. The third kappa shape index (κ3) is 5.09. The summed E-state index contributed by atoms with van der Waals surface area (Å²) in [7, 11) is 0. The number of ketones is 1. The molecular formula is C13H16BrClN2O3. The summed E-state index contributed by atoms with van der Waals surface area (Å²) in [6, 6.07) is 0.790. The molecule has 0 bridgehead atoms. The van der Waals surface area contributed by atoms with Gasteiger partial charge in [-0.25, -0.2) is 4.79 Å². The summed E-state index contributed by atoms with van der Waals surface area (Å²) in [5.41, 5.74) is -0.515. The smallest absolute Gasteiger partial charge is 0.408 e. The molecule has 0 spiro atoms. The highest BCUT2D eigenvalue weighted by atomic mass is 79.9. The van der Waals surface area contributed by atoms with E-state index in [4.69, 9.17) is 16.3 Å². The first-order chi connectivity index (χ1) is 9.10. The predicted molar refractivity (Wildman–Crippen MR) is 80.1 cm³/mol. The SMILES string of the molecule is CC(NC(=O)OC(C)(C)C)C(=O)c1ncc(Br)cc1Cl. The third-order valence-electron chi connectivity index (χ3n) is 2.17. The number of aromatic nitrogens is 1. The van der Waals surface area contributed by atoms with Gasteiger partial charge in [-0.05, 0) is 49.7 Å². The normalized spacial score (nSPS) is 12.7. The van der Waals surface area contributed by atoms with Crippen molar-refractivity contribution in [3.05, 3.63) is 27.5 Å². The molecule has 5 nitrogen and oxygen atoms in total. The van der Waals surface area contributed by atoms with Gasteiger partial charge in [0.15, 0.2) is 0 Å². The van der Waals surface area contributed by atoms with Crippen molar-refractivity contribution in [2.24, 2.45) is 0 Å². The van der Waals surface area contributed by atoms with Gasteiger partial charge in [-0.15, -0.1) is 0 Å². The minimum Gasteiger partial charge on any atom is -0.444 e. The molecule has 1 N–H and O–H groups in total. The van der Waals surface area contributed by atoms with Gasteiger partial charge < -0.3 is 10.1 Å². The molecule has 0 saturated carbocycles. The average molecular weight is 364 g/mol. The molecule has 1 rings (SSSR count). The van der Waals surface area contributed by atoms with Crippen molar-refractivity contribution in [3.63, 3.8) is 0 Å². The second-order valence-electron chi connectivity index (χ2n) is 5.22. The molecule has 1 heterocycles. The molecule has 1 aromatic heterocycles. The van der Waals surface area contributed by atoms with E-state index in [1.54, 1.807) is 33.8 Å². The number of hydrogen-bond acceptors (Lipinski definition) is 4. The molecule has 0 saturated heterocycles. The number of rotatable bonds is 3. The maximum absolute atomic E-state index is 12.1. The van der Waals surface area contributed by atoms with Gasteiger partial charge in [-0.2, -0.15) is 0 Å². The Morgan fingerprint density at radius 2 is 2.05 bits per heavy atom. The van der Waals surface area contributed by atoms with Crippen LogP contribution in [0.1, 0.15) is 38.2 Å². The van der Waals surface area contributed by atoms with Crippen LogP contribution in [0.25, 0.3) is 0 Å². The Balaban J connectivity index is 2.75. The molecule has 1 aromatic rings. The standard InChI is InChI=1S/C13H16BrClN2O3/c1-7(17-12(19)20-13(2,3)4)11(18)10-9(15)5-8(14)6-16-10/h5-7H,1-4H3,(H,17,19). The van der Waals surface area contributed by atoms with Crippen LogP contribution in [-0.2, 0) is 4.74 Å². The molecule has 20 heavy (non-hydrogen) atoms. The van der Waals surface area contributed by atoms with Crippen molar-refractivity contribution < 1.29 is 14.3 Å². The molecule has 0 aliphatic rings. The van der Waals surface area contributed by atoms with E-state index >= 15 is 0 Å². The number of pyridine rings is 1. The van der Waals surface area contributed by atoms with E-state index in [-0.39, 0.29) is 16.5 Å². The molecule has 0 aliphatic heterocycles. The van der Waals surface area contributed by atoms with E-state index in [1.807, 2.05) is 0 Å². The van der Waals surface area contributed by atoms with E-state index in [0.29, 0.717) is 4.47 Å². The number of alkyl carbamates (subject to hydrolysis) is 1. The average Bonchev–Trinajstić information content (AvgIpc) is 2.25. The van der Waals surface area contributed by atoms with E-state index in [9.17, 15) is 9.59 Å². The summed E-state index contributed by atoms with van der Waals surface area (Å²) in [6.45, 7) is 6.77. The monoisotopic (exact) mass is 362 g/mol. The van der Waals surface area contributed by atoms with Gasteiger partial charge >= 0.3 is 6.09 Å². The van der Waals surface area contributed by atoms with Crippen molar-refractivity contribution in [3.8, 4) is 0 Å². The van der Waals surface area contributed by atoms with Gasteiger partial charge in [0.2, 0.25) is 5.78 Å². The largest absolute Gasteiger partial charge is 0.444 e.